The zero-order chi connectivity index (χ0) is 16.5. The number of para-hydroxylation sites is 1. The molecule has 1 atom stereocenters. The van der Waals surface area contributed by atoms with Crippen molar-refractivity contribution >= 4 is 10.9 Å². The maximum absolute atomic E-state index is 4.70. The molecule has 0 amide bonds. The number of aryl methyl sites for hydroxylation is 1. The van der Waals surface area contributed by atoms with Crippen LogP contribution in [-0.2, 0) is 0 Å². The maximum atomic E-state index is 4.70. The largest absolute Gasteiger partial charge is 0.297 e. The van der Waals surface area contributed by atoms with Crippen LogP contribution in [0.1, 0.15) is 37.2 Å². The van der Waals surface area contributed by atoms with E-state index in [2.05, 4.69) is 53.2 Å². The van der Waals surface area contributed by atoms with Gasteiger partial charge in [0, 0.05) is 17.0 Å². The van der Waals surface area contributed by atoms with Crippen molar-refractivity contribution in [3.05, 3.63) is 59.9 Å². The van der Waals surface area contributed by atoms with E-state index in [-0.39, 0.29) is 0 Å². The number of hydrogen-bond acceptors (Lipinski definition) is 3. The summed E-state index contributed by atoms with van der Waals surface area (Å²) in [6.45, 7) is 6.71. The lowest BCUT2D eigenvalue weighted by atomic mass is 10.0. The van der Waals surface area contributed by atoms with E-state index in [0.717, 1.165) is 28.0 Å². The van der Waals surface area contributed by atoms with Crippen molar-refractivity contribution < 1.29 is 0 Å². The first-order valence-corrected chi connectivity index (χ1v) is 8.80. The molecule has 1 aliphatic heterocycles. The molecular formula is C21H23N3. The first-order valence-electron chi connectivity index (χ1n) is 8.80. The Balaban J connectivity index is 1.70. The Morgan fingerprint density at radius 1 is 0.917 bits per heavy atom. The van der Waals surface area contributed by atoms with Crippen LogP contribution in [0.2, 0.25) is 0 Å². The fourth-order valence-electron chi connectivity index (χ4n) is 3.67. The van der Waals surface area contributed by atoms with Crippen LogP contribution in [0, 0.1) is 6.92 Å². The zero-order valence-corrected chi connectivity index (χ0v) is 14.4. The number of nitrogens with zero attached hydrogens (tertiary/aromatic N) is 3. The van der Waals surface area contributed by atoms with E-state index in [1.54, 1.807) is 0 Å². The Kier molecular flexibility index (Phi) is 4.03. The molecular weight excluding hydrogens is 294 g/mol. The number of rotatable bonds is 3. The number of likely N-dealkylation sites (tertiary alicyclic amines) is 1. The molecule has 1 fully saturated rings. The van der Waals surface area contributed by atoms with Gasteiger partial charge in [0.25, 0.3) is 0 Å². The topological polar surface area (TPSA) is 29.0 Å². The minimum atomic E-state index is 0.491. The third-order valence-electron chi connectivity index (χ3n) is 5.07. The standard InChI is InChI=1S/C21H23N3/c1-15(24-13-5-6-14-24)17-9-11-18(12-10-17)21-19-7-3-4-8-20(19)22-16(2)23-21/h3-4,7-12,15H,5-6,13-14H2,1-2H3/t15-/m0/s1. The Bertz CT molecular complexity index is 849. The minimum Gasteiger partial charge on any atom is -0.297 e. The molecule has 3 nitrogen and oxygen atoms in total. The van der Waals surface area contributed by atoms with Crippen molar-refractivity contribution in [1.82, 2.24) is 14.9 Å². The highest BCUT2D eigenvalue weighted by Crippen LogP contribution is 2.29. The molecule has 2 aromatic carbocycles. The van der Waals surface area contributed by atoms with Gasteiger partial charge in [0.1, 0.15) is 5.82 Å². The van der Waals surface area contributed by atoms with E-state index in [9.17, 15) is 0 Å². The molecule has 1 aromatic heterocycles. The van der Waals surface area contributed by atoms with E-state index in [4.69, 9.17) is 4.98 Å². The van der Waals surface area contributed by atoms with Gasteiger partial charge in [-0.15, -0.1) is 0 Å². The van der Waals surface area contributed by atoms with Crippen LogP contribution in [0.3, 0.4) is 0 Å². The van der Waals surface area contributed by atoms with Gasteiger partial charge in [-0.3, -0.25) is 4.90 Å². The molecule has 1 aliphatic rings. The van der Waals surface area contributed by atoms with Gasteiger partial charge in [-0.25, -0.2) is 9.97 Å². The van der Waals surface area contributed by atoms with Gasteiger partial charge < -0.3 is 0 Å². The lowest BCUT2D eigenvalue weighted by Gasteiger charge is -2.24. The fourth-order valence-corrected chi connectivity index (χ4v) is 3.67. The second-order valence-electron chi connectivity index (χ2n) is 6.68. The maximum Gasteiger partial charge on any atom is 0.126 e. The molecule has 4 rings (SSSR count). The summed E-state index contributed by atoms with van der Waals surface area (Å²) in [5.41, 5.74) is 4.58. The summed E-state index contributed by atoms with van der Waals surface area (Å²) in [4.78, 5) is 11.8. The van der Waals surface area contributed by atoms with Gasteiger partial charge in [-0.1, -0.05) is 42.5 Å². The Morgan fingerprint density at radius 2 is 1.62 bits per heavy atom. The molecule has 0 unspecified atom stereocenters. The molecule has 0 saturated carbocycles. The van der Waals surface area contributed by atoms with Crippen LogP contribution in [0.5, 0.6) is 0 Å². The van der Waals surface area contributed by atoms with Crippen molar-refractivity contribution in [2.75, 3.05) is 13.1 Å². The molecule has 0 spiro atoms. The summed E-state index contributed by atoms with van der Waals surface area (Å²) in [6, 6.07) is 17.6. The monoisotopic (exact) mass is 317 g/mol. The Labute approximate surface area is 143 Å². The van der Waals surface area contributed by atoms with Gasteiger partial charge in [0.15, 0.2) is 0 Å². The molecule has 3 aromatic rings. The quantitative estimate of drug-likeness (QED) is 0.697. The molecule has 0 radical (unpaired) electrons. The number of hydrogen-bond donors (Lipinski definition) is 0. The fraction of sp³-hybridized carbons (Fsp3) is 0.333. The van der Waals surface area contributed by atoms with Crippen molar-refractivity contribution in [3.63, 3.8) is 0 Å². The molecule has 2 heterocycles. The zero-order valence-electron chi connectivity index (χ0n) is 14.4. The third-order valence-corrected chi connectivity index (χ3v) is 5.07. The van der Waals surface area contributed by atoms with Crippen molar-refractivity contribution in [3.8, 4) is 11.3 Å². The lowest BCUT2D eigenvalue weighted by Crippen LogP contribution is -2.23. The predicted octanol–water partition coefficient (Wildman–Crippen LogP) is 4.76. The van der Waals surface area contributed by atoms with Crippen molar-refractivity contribution in [1.29, 1.82) is 0 Å². The lowest BCUT2D eigenvalue weighted by molar-refractivity contribution is 0.263. The van der Waals surface area contributed by atoms with E-state index >= 15 is 0 Å². The van der Waals surface area contributed by atoms with E-state index in [1.165, 1.54) is 31.5 Å². The SMILES string of the molecule is Cc1nc(-c2ccc([C@H](C)N3CCCC3)cc2)c2ccccc2n1. The van der Waals surface area contributed by atoms with Gasteiger partial charge in [0.2, 0.25) is 0 Å². The highest BCUT2D eigenvalue weighted by Gasteiger charge is 2.19. The van der Waals surface area contributed by atoms with Crippen LogP contribution in [0.4, 0.5) is 0 Å². The van der Waals surface area contributed by atoms with E-state index in [1.807, 2.05) is 19.1 Å². The van der Waals surface area contributed by atoms with Crippen LogP contribution in [0.25, 0.3) is 22.2 Å². The average molecular weight is 317 g/mol. The van der Waals surface area contributed by atoms with Gasteiger partial charge in [0.05, 0.1) is 11.2 Å². The highest BCUT2D eigenvalue weighted by atomic mass is 15.2. The second kappa shape index (κ2) is 6.33. The average Bonchev–Trinajstić information content (AvgIpc) is 3.15. The van der Waals surface area contributed by atoms with E-state index in [0.29, 0.717) is 6.04 Å². The number of fused-ring (bicyclic) bond motifs is 1. The summed E-state index contributed by atoms with van der Waals surface area (Å²) >= 11 is 0. The molecule has 122 valence electrons. The smallest absolute Gasteiger partial charge is 0.126 e. The van der Waals surface area contributed by atoms with Crippen molar-refractivity contribution in [2.24, 2.45) is 0 Å². The molecule has 1 saturated heterocycles. The Morgan fingerprint density at radius 3 is 2.38 bits per heavy atom. The number of benzene rings is 2. The third kappa shape index (κ3) is 2.80. The van der Waals surface area contributed by atoms with Crippen LogP contribution in [-0.4, -0.2) is 28.0 Å². The van der Waals surface area contributed by atoms with Gasteiger partial charge in [-0.2, -0.15) is 0 Å². The van der Waals surface area contributed by atoms with Gasteiger partial charge in [-0.05, 0) is 51.4 Å². The normalized spacial score (nSPS) is 16.6. The van der Waals surface area contributed by atoms with Crippen LogP contribution in [0.15, 0.2) is 48.5 Å². The molecule has 3 heteroatoms. The summed E-state index contributed by atoms with van der Waals surface area (Å²) in [5, 5.41) is 1.11. The minimum absolute atomic E-state index is 0.491. The number of aromatic nitrogens is 2. The van der Waals surface area contributed by atoms with Crippen LogP contribution >= 0.6 is 0 Å². The van der Waals surface area contributed by atoms with Gasteiger partial charge >= 0.3 is 0 Å². The second-order valence-corrected chi connectivity index (χ2v) is 6.68. The first-order chi connectivity index (χ1) is 11.7. The summed E-state index contributed by atoms with van der Waals surface area (Å²) in [5.74, 6) is 0.818. The molecule has 0 aliphatic carbocycles. The summed E-state index contributed by atoms with van der Waals surface area (Å²) in [7, 11) is 0. The van der Waals surface area contributed by atoms with Crippen molar-refractivity contribution in [2.45, 2.75) is 32.7 Å². The summed E-state index contributed by atoms with van der Waals surface area (Å²) < 4.78 is 0. The highest BCUT2D eigenvalue weighted by molar-refractivity contribution is 5.92. The molecule has 24 heavy (non-hydrogen) atoms. The molecule has 0 bridgehead atoms. The first kappa shape index (κ1) is 15.3. The van der Waals surface area contributed by atoms with E-state index < -0.39 is 0 Å². The predicted molar refractivity (Wildman–Crippen MR) is 98.9 cm³/mol. The molecule has 0 N–H and O–H groups in total. The Hall–Kier alpha value is -2.26. The summed E-state index contributed by atoms with van der Waals surface area (Å²) in [6.07, 6.45) is 2.66. The van der Waals surface area contributed by atoms with Crippen LogP contribution < -0.4 is 0 Å².